The molecule has 0 atom stereocenters. The molecule has 0 saturated heterocycles. The first kappa shape index (κ1) is 14.0. The molecule has 0 radical (unpaired) electrons. The van der Waals surface area contributed by atoms with E-state index in [1.54, 1.807) is 0 Å². The molecule has 6 N–H and O–H groups in total. The minimum Gasteiger partial charge on any atom is -0.368 e. The van der Waals surface area contributed by atoms with Crippen molar-refractivity contribution in [2.45, 2.75) is 0 Å². The first-order valence-electron chi connectivity index (χ1n) is 6.88. The van der Waals surface area contributed by atoms with Crippen molar-refractivity contribution in [3.63, 3.8) is 0 Å². The van der Waals surface area contributed by atoms with Crippen LogP contribution in [0.1, 0.15) is 10.5 Å². The third-order valence-electron chi connectivity index (χ3n) is 3.24. The molecule has 1 amide bonds. The van der Waals surface area contributed by atoms with Crippen LogP contribution in [0.2, 0.25) is 0 Å². The molecule has 22 heavy (non-hydrogen) atoms. The third kappa shape index (κ3) is 2.61. The van der Waals surface area contributed by atoms with E-state index in [1.165, 1.54) is 6.20 Å². The maximum Gasteiger partial charge on any atom is 0.269 e. The number of hydrogen-bond acceptors (Lipinski definition) is 5. The van der Waals surface area contributed by atoms with Crippen molar-refractivity contribution >= 4 is 22.6 Å². The van der Waals surface area contributed by atoms with Crippen LogP contribution in [0, 0.1) is 0 Å². The van der Waals surface area contributed by atoms with Gasteiger partial charge in [0.05, 0.1) is 11.9 Å². The molecule has 7 nitrogen and oxygen atoms in total. The first-order chi connectivity index (χ1) is 10.7. The number of benzene rings is 1. The number of nitrogens with one attached hydrogen (secondary N) is 2. The van der Waals surface area contributed by atoms with Crippen LogP contribution in [0.15, 0.2) is 36.5 Å². The van der Waals surface area contributed by atoms with E-state index in [-0.39, 0.29) is 5.69 Å². The third-order valence-corrected chi connectivity index (χ3v) is 3.24. The molecule has 0 aliphatic carbocycles. The summed E-state index contributed by atoms with van der Waals surface area (Å²) in [6, 6.07) is 9.72. The Morgan fingerprint density at radius 3 is 2.86 bits per heavy atom. The Morgan fingerprint density at radius 2 is 2.14 bits per heavy atom. The van der Waals surface area contributed by atoms with Crippen LogP contribution >= 0.6 is 0 Å². The van der Waals surface area contributed by atoms with Gasteiger partial charge in [0.2, 0.25) is 0 Å². The van der Waals surface area contributed by atoms with E-state index in [0.29, 0.717) is 30.3 Å². The second kappa shape index (κ2) is 5.82. The molecule has 2 heterocycles. The number of hydrogen-bond donors (Lipinski definition) is 4. The summed E-state index contributed by atoms with van der Waals surface area (Å²) in [5.41, 5.74) is 13.1. The Balaban J connectivity index is 2.11. The predicted octanol–water partition coefficient (Wildman–Crippen LogP) is 1.09. The molecule has 0 unspecified atom stereocenters. The van der Waals surface area contributed by atoms with E-state index in [2.05, 4.69) is 20.3 Å². The maximum absolute atomic E-state index is 11.6. The lowest BCUT2D eigenvalue weighted by atomic mass is 10.2. The number of para-hydroxylation sites is 1. The van der Waals surface area contributed by atoms with Crippen LogP contribution in [0.25, 0.3) is 22.3 Å². The first-order valence-corrected chi connectivity index (χ1v) is 6.88. The Kier molecular flexibility index (Phi) is 3.71. The smallest absolute Gasteiger partial charge is 0.269 e. The maximum atomic E-state index is 11.6. The Hall–Kier alpha value is -2.93. The van der Waals surface area contributed by atoms with Gasteiger partial charge in [-0.05, 0) is 12.1 Å². The van der Waals surface area contributed by atoms with E-state index >= 15 is 0 Å². The van der Waals surface area contributed by atoms with Gasteiger partial charge in [-0.3, -0.25) is 4.79 Å². The minimum atomic E-state index is -0.619. The average molecular weight is 296 g/mol. The fraction of sp³-hybridized carbons (Fsp3) is 0.133. The van der Waals surface area contributed by atoms with E-state index in [1.807, 2.05) is 30.3 Å². The molecular formula is C15H16N6O. The summed E-state index contributed by atoms with van der Waals surface area (Å²) >= 11 is 0. The molecule has 1 aromatic carbocycles. The Morgan fingerprint density at radius 1 is 1.32 bits per heavy atom. The number of anilines is 1. The number of nitrogens with zero attached hydrogens (tertiary/aromatic N) is 2. The molecule has 0 aliphatic rings. The molecule has 0 fully saturated rings. The zero-order chi connectivity index (χ0) is 15.5. The molecule has 0 spiro atoms. The fourth-order valence-electron chi connectivity index (χ4n) is 2.24. The lowest BCUT2D eigenvalue weighted by molar-refractivity contribution is 0.0996. The SMILES string of the molecule is NCCNc1cnc(C(N)=O)c(-c2cc3ccccc3[nH]2)n1. The molecule has 3 aromatic rings. The summed E-state index contributed by atoms with van der Waals surface area (Å²) in [6.07, 6.45) is 1.47. The van der Waals surface area contributed by atoms with Gasteiger partial charge in [-0.15, -0.1) is 0 Å². The quantitative estimate of drug-likeness (QED) is 0.561. The molecule has 0 aliphatic heterocycles. The van der Waals surface area contributed by atoms with Gasteiger partial charge in [-0.1, -0.05) is 18.2 Å². The van der Waals surface area contributed by atoms with E-state index < -0.39 is 5.91 Å². The average Bonchev–Trinajstić information content (AvgIpc) is 2.96. The standard InChI is InChI=1S/C15H16N6O/c16-5-6-18-12-8-19-14(15(17)22)13(21-12)11-7-9-3-1-2-4-10(9)20-11/h1-4,7-8,20H,5-6,16H2,(H2,17,22)(H,18,21). The van der Waals surface area contributed by atoms with E-state index in [0.717, 1.165) is 10.9 Å². The van der Waals surface area contributed by atoms with Gasteiger partial charge < -0.3 is 21.8 Å². The zero-order valence-corrected chi connectivity index (χ0v) is 11.8. The number of aromatic nitrogens is 3. The molecule has 0 bridgehead atoms. The van der Waals surface area contributed by atoms with Gasteiger partial charge in [0.25, 0.3) is 5.91 Å². The van der Waals surface area contributed by atoms with Crippen molar-refractivity contribution in [3.05, 3.63) is 42.2 Å². The largest absolute Gasteiger partial charge is 0.368 e. The van der Waals surface area contributed by atoms with E-state index in [4.69, 9.17) is 11.5 Å². The number of rotatable bonds is 5. The van der Waals surface area contributed by atoms with Gasteiger partial charge in [-0.2, -0.15) is 0 Å². The van der Waals surface area contributed by atoms with Crippen LogP contribution in [-0.2, 0) is 0 Å². The number of amides is 1. The van der Waals surface area contributed by atoms with Gasteiger partial charge in [0, 0.05) is 24.0 Å². The van der Waals surface area contributed by atoms with Crippen molar-refractivity contribution < 1.29 is 4.79 Å². The van der Waals surface area contributed by atoms with Crippen molar-refractivity contribution in [1.29, 1.82) is 0 Å². The number of nitrogens with two attached hydrogens (primary N) is 2. The highest BCUT2D eigenvalue weighted by Gasteiger charge is 2.16. The summed E-state index contributed by atoms with van der Waals surface area (Å²) in [7, 11) is 0. The van der Waals surface area contributed by atoms with Crippen LogP contribution in [-0.4, -0.2) is 33.9 Å². The number of H-pyrrole nitrogens is 1. The second-order valence-corrected chi connectivity index (χ2v) is 4.80. The highest BCUT2D eigenvalue weighted by atomic mass is 16.1. The molecule has 0 saturated carbocycles. The number of primary amides is 1. The monoisotopic (exact) mass is 296 g/mol. The van der Waals surface area contributed by atoms with Gasteiger partial charge in [-0.25, -0.2) is 9.97 Å². The number of carbonyl (C=O) groups is 1. The van der Waals surface area contributed by atoms with Crippen LogP contribution in [0.3, 0.4) is 0 Å². The second-order valence-electron chi connectivity index (χ2n) is 4.80. The zero-order valence-electron chi connectivity index (χ0n) is 11.8. The highest BCUT2D eigenvalue weighted by molar-refractivity contribution is 5.98. The molecule has 7 heteroatoms. The molecule has 112 valence electrons. The van der Waals surface area contributed by atoms with Crippen molar-refractivity contribution in [2.75, 3.05) is 18.4 Å². The summed E-state index contributed by atoms with van der Waals surface area (Å²) in [5, 5.41) is 4.06. The van der Waals surface area contributed by atoms with Gasteiger partial charge in [0.15, 0.2) is 5.69 Å². The van der Waals surface area contributed by atoms with Crippen molar-refractivity contribution in [1.82, 2.24) is 15.0 Å². The lowest BCUT2D eigenvalue weighted by Gasteiger charge is -2.08. The molecular weight excluding hydrogens is 280 g/mol. The number of fused-ring (bicyclic) bond motifs is 1. The lowest BCUT2D eigenvalue weighted by Crippen LogP contribution is -2.18. The topological polar surface area (TPSA) is 123 Å². The van der Waals surface area contributed by atoms with Crippen LogP contribution < -0.4 is 16.8 Å². The van der Waals surface area contributed by atoms with Crippen LogP contribution in [0.5, 0.6) is 0 Å². The highest BCUT2D eigenvalue weighted by Crippen LogP contribution is 2.25. The minimum absolute atomic E-state index is 0.129. The summed E-state index contributed by atoms with van der Waals surface area (Å²) in [5.74, 6) is -0.0735. The van der Waals surface area contributed by atoms with Crippen molar-refractivity contribution in [2.24, 2.45) is 11.5 Å². The van der Waals surface area contributed by atoms with Crippen molar-refractivity contribution in [3.8, 4) is 11.4 Å². The van der Waals surface area contributed by atoms with Gasteiger partial charge >= 0.3 is 0 Å². The number of carbonyl (C=O) groups excluding carboxylic acids is 1. The molecule has 2 aromatic heterocycles. The Bertz CT molecular complexity index is 793. The predicted molar refractivity (Wildman–Crippen MR) is 85.4 cm³/mol. The summed E-state index contributed by atoms with van der Waals surface area (Å²) < 4.78 is 0. The Labute approximate surface area is 126 Å². The van der Waals surface area contributed by atoms with Gasteiger partial charge in [0.1, 0.15) is 11.5 Å². The van der Waals surface area contributed by atoms with Crippen LogP contribution in [0.4, 0.5) is 5.82 Å². The van der Waals surface area contributed by atoms with E-state index in [9.17, 15) is 4.79 Å². The fourth-order valence-corrected chi connectivity index (χ4v) is 2.24. The summed E-state index contributed by atoms with van der Waals surface area (Å²) in [4.78, 5) is 23.4. The molecule has 3 rings (SSSR count). The number of aromatic amines is 1. The normalized spacial score (nSPS) is 10.8. The summed E-state index contributed by atoms with van der Waals surface area (Å²) in [6.45, 7) is 1.04.